The van der Waals surface area contributed by atoms with Crippen molar-refractivity contribution in [2.45, 2.75) is 32.6 Å². The van der Waals surface area contributed by atoms with E-state index in [2.05, 4.69) is 26.1 Å². The fraction of sp³-hybridized carbons (Fsp3) is 0.500. The van der Waals surface area contributed by atoms with Crippen molar-refractivity contribution in [2.75, 3.05) is 25.5 Å². The number of para-hydroxylation sites is 1. The van der Waals surface area contributed by atoms with Crippen molar-refractivity contribution < 1.29 is 14.7 Å². The van der Waals surface area contributed by atoms with Crippen LogP contribution in [0.5, 0.6) is 0 Å². The average Bonchev–Trinajstić information content (AvgIpc) is 2.35. The van der Waals surface area contributed by atoms with Gasteiger partial charge in [-0.15, -0.1) is 12.4 Å². The summed E-state index contributed by atoms with van der Waals surface area (Å²) in [6.45, 7) is 6.81. The number of aliphatic carboxylic acids is 1. The summed E-state index contributed by atoms with van der Waals surface area (Å²) in [6.07, 6.45) is 0.0301. The number of hydrogen-bond acceptors (Lipinski definition) is 3. The van der Waals surface area contributed by atoms with Crippen LogP contribution in [0.4, 0.5) is 5.69 Å². The first-order valence-electron chi connectivity index (χ1n) is 7.00. The number of hydrogen-bond donors (Lipinski definition) is 2. The van der Waals surface area contributed by atoms with Crippen LogP contribution in [-0.2, 0) is 15.0 Å². The maximum Gasteiger partial charge on any atom is 0.304 e. The van der Waals surface area contributed by atoms with Gasteiger partial charge in [0.15, 0.2) is 0 Å². The molecule has 0 saturated carbocycles. The molecule has 0 aliphatic rings. The third-order valence-corrected chi connectivity index (χ3v) is 3.13. The Hall–Kier alpha value is -1.59. The lowest BCUT2D eigenvalue weighted by molar-refractivity contribution is -0.137. The molecule has 1 aromatic rings. The van der Waals surface area contributed by atoms with Gasteiger partial charge in [0, 0.05) is 12.2 Å². The van der Waals surface area contributed by atoms with E-state index < -0.39 is 5.97 Å². The van der Waals surface area contributed by atoms with Crippen molar-refractivity contribution >= 4 is 30.0 Å². The lowest BCUT2D eigenvalue weighted by atomic mass is 9.86. The molecule has 0 fully saturated rings. The fourth-order valence-corrected chi connectivity index (χ4v) is 2.05. The zero-order valence-corrected chi connectivity index (χ0v) is 14.4. The van der Waals surface area contributed by atoms with Crippen molar-refractivity contribution in [2.24, 2.45) is 0 Å². The molecule has 1 aromatic carbocycles. The monoisotopic (exact) mass is 328 g/mol. The quantitative estimate of drug-likeness (QED) is 0.842. The van der Waals surface area contributed by atoms with Crippen LogP contribution in [0.1, 0.15) is 32.8 Å². The maximum atomic E-state index is 12.0. The number of anilines is 1. The largest absolute Gasteiger partial charge is 0.481 e. The number of likely N-dealkylation sites (N-methyl/N-ethyl adjacent to an activating group) is 1. The number of amides is 1. The highest BCUT2D eigenvalue weighted by atomic mass is 35.5. The number of rotatable bonds is 6. The number of nitrogens with zero attached hydrogens (tertiary/aromatic N) is 1. The zero-order chi connectivity index (χ0) is 16.0. The van der Waals surface area contributed by atoms with Crippen LogP contribution < -0.4 is 5.32 Å². The van der Waals surface area contributed by atoms with E-state index in [1.807, 2.05) is 24.3 Å². The zero-order valence-electron chi connectivity index (χ0n) is 13.5. The van der Waals surface area contributed by atoms with Gasteiger partial charge in [0.05, 0.1) is 13.0 Å². The van der Waals surface area contributed by atoms with E-state index in [1.165, 1.54) is 0 Å². The molecular formula is C16H25ClN2O3. The second-order valence-corrected chi connectivity index (χ2v) is 6.23. The van der Waals surface area contributed by atoms with Crippen molar-refractivity contribution in [1.82, 2.24) is 4.90 Å². The topological polar surface area (TPSA) is 69.6 Å². The van der Waals surface area contributed by atoms with Crippen molar-refractivity contribution in [3.05, 3.63) is 29.8 Å². The van der Waals surface area contributed by atoms with Gasteiger partial charge >= 0.3 is 5.97 Å². The molecule has 124 valence electrons. The van der Waals surface area contributed by atoms with Crippen LogP contribution in [-0.4, -0.2) is 42.0 Å². The SMILES string of the molecule is CN(CCC(=O)O)CC(=O)Nc1ccccc1C(C)(C)C.Cl. The number of carboxylic acids is 1. The summed E-state index contributed by atoms with van der Waals surface area (Å²) in [7, 11) is 1.73. The molecule has 0 spiro atoms. The predicted octanol–water partition coefficient (Wildman–Crippen LogP) is 2.75. The lowest BCUT2D eigenvalue weighted by Gasteiger charge is -2.23. The summed E-state index contributed by atoms with van der Waals surface area (Å²) in [4.78, 5) is 24.3. The van der Waals surface area contributed by atoms with Crippen LogP contribution in [0.3, 0.4) is 0 Å². The third-order valence-electron chi connectivity index (χ3n) is 3.13. The second-order valence-electron chi connectivity index (χ2n) is 6.23. The molecule has 0 heterocycles. The summed E-state index contributed by atoms with van der Waals surface area (Å²) < 4.78 is 0. The number of carbonyl (C=O) groups excluding carboxylic acids is 1. The molecule has 0 unspecified atom stereocenters. The average molecular weight is 329 g/mol. The number of halogens is 1. The Kier molecular flexibility index (Phi) is 8.12. The summed E-state index contributed by atoms with van der Waals surface area (Å²) in [5, 5.41) is 11.5. The Morgan fingerprint density at radius 2 is 1.82 bits per heavy atom. The minimum Gasteiger partial charge on any atom is -0.481 e. The van der Waals surface area contributed by atoms with Gasteiger partial charge in [-0.25, -0.2) is 0 Å². The van der Waals surface area contributed by atoms with Crippen LogP contribution in [0, 0.1) is 0 Å². The van der Waals surface area contributed by atoms with E-state index >= 15 is 0 Å². The molecule has 0 saturated heterocycles. The molecule has 0 aromatic heterocycles. The Morgan fingerprint density at radius 3 is 2.36 bits per heavy atom. The minimum atomic E-state index is -0.861. The van der Waals surface area contributed by atoms with Crippen LogP contribution >= 0.6 is 12.4 Å². The molecule has 5 nitrogen and oxygen atoms in total. The lowest BCUT2D eigenvalue weighted by Crippen LogP contribution is -2.32. The normalized spacial score (nSPS) is 11.0. The third kappa shape index (κ3) is 6.91. The molecule has 0 radical (unpaired) electrons. The molecular weight excluding hydrogens is 304 g/mol. The van der Waals surface area contributed by atoms with Gasteiger partial charge < -0.3 is 10.4 Å². The van der Waals surface area contributed by atoms with E-state index in [-0.39, 0.29) is 36.7 Å². The van der Waals surface area contributed by atoms with Crippen LogP contribution in [0.25, 0.3) is 0 Å². The smallest absolute Gasteiger partial charge is 0.304 e. The Morgan fingerprint density at radius 1 is 1.23 bits per heavy atom. The number of nitrogens with one attached hydrogen (secondary N) is 1. The molecule has 0 aliphatic heterocycles. The van der Waals surface area contributed by atoms with Crippen LogP contribution in [0.2, 0.25) is 0 Å². The van der Waals surface area contributed by atoms with Crippen molar-refractivity contribution in [3.63, 3.8) is 0 Å². The Bertz CT molecular complexity index is 512. The fourth-order valence-electron chi connectivity index (χ4n) is 2.05. The van der Waals surface area contributed by atoms with Gasteiger partial charge in [0.1, 0.15) is 0 Å². The van der Waals surface area contributed by atoms with Gasteiger partial charge in [-0.2, -0.15) is 0 Å². The summed E-state index contributed by atoms with van der Waals surface area (Å²) in [6, 6.07) is 7.73. The first-order chi connectivity index (χ1) is 9.70. The van der Waals surface area contributed by atoms with Crippen molar-refractivity contribution in [1.29, 1.82) is 0 Å². The molecule has 1 amide bonds. The van der Waals surface area contributed by atoms with E-state index in [1.54, 1.807) is 11.9 Å². The van der Waals surface area contributed by atoms with E-state index in [0.717, 1.165) is 11.3 Å². The van der Waals surface area contributed by atoms with Crippen LogP contribution in [0.15, 0.2) is 24.3 Å². The van der Waals surface area contributed by atoms with Crippen molar-refractivity contribution in [3.8, 4) is 0 Å². The summed E-state index contributed by atoms with van der Waals surface area (Å²) >= 11 is 0. The number of carbonyl (C=O) groups is 2. The first-order valence-corrected chi connectivity index (χ1v) is 7.00. The molecule has 0 aliphatic carbocycles. The molecule has 6 heteroatoms. The highest BCUT2D eigenvalue weighted by Crippen LogP contribution is 2.29. The van der Waals surface area contributed by atoms with Gasteiger partial charge in [0.25, 0.3) is 0 Å². The highest BCUT2D eigenvalue weighted by Gasteiger charge is 2.18. The Balaban J connectivity index is 0.00000441. The van der Waals surface area contributed by atoms with E-state index in [0.29, 0.717) is 6.54 Å². The molecule has 0 bridgehead atoms. The predicted molar refractivity (Wildman–Crippen MR) is 90.8 cm³/mol. The van der Waals surface area contributed by atoms with Gasteiger partial charge in [-0.05, 0) is 24.1 Å². The van der Waals surface area contributed by atoms with Gasteiger partial charge in [0.2, 0.25) is 5.91 Å². The summed E-state index contributed by atoms with van der Waals surface area (Å²) in [5.41, 5.74) is 1.83. The second kappa shape index (κ2) is 8.76. The Labute approximate surface area is 138 Å². The molecule has 1 rings (SSSR count). The molecule has 22 heavy (non-hydrogen) atoms. The van der Waals surface area contributed by atoms with Gasteiger partial charge in [-0.1, -0.05) is 39.0 Å². The van der Waals surface area contributed by atoms with E-state index in [9.17, 15) is 9.59 Å². The molecule has 2 N–H and O–H groups in total. The number of benzene rings is 1. The minimum absolute atomic E-state index is 0. The maximum absolute atomic E-state index is 12.0. The summed E-state index contributed by atoms with van der Waals surface area (Å²) in [5.74, 6) is -1.00. The highest BCUT2D eigenvalue weighted by molar-refractivity contribution is 5.93. The standard InChI is InChI=1S/C16H24N2O3.ClH/c1-16(2,3)12-7-5-6-8-13(12)17-14(19)11-18(4)10-9-15(20)21;/h5-8H,9-11H2,1-4H3,(H,17,19)(H,20,21);1H. The number of carboxylic acid groups (broad SMARTS) is 1. The van der Waals surface area contributed by atoms with E-state index in [4.69, 9.17) is 5.11 Å². The van der Waals surface area contributed by atoms with Gasteiger partial charge in [-0.3, -0.25) is 14.5 Å². The first kappa shape index (κ1) is 20.4. The molecule has 0 atom stereocenters.